The lowest BCUT2D eigenvalue weighted by Gasteiger charge is -2.36. The minimum Gasteiger partial charge on any atom is -0.494 e. The Bertz CT molecular complexity index is 1230. The van der Waals surface area contributed by atoms with Crippen molar-refractivity contribution in [2.75, 3.05) is 44.2 Å². The Morgan fingerprint density at radius 2 is 1.88 bits per heavy atom. The molecule has 6 nitrogen and oxygen atoms in total. The van der Waals surface area contributed by atoms with Crippen LogP contribution in [-0.2, 0) is 4.79 Å². The number of benzene rings is 2. The quantitative estimate of drug-likeness (QED) is 0.259. The van der Waals surface area contributed by atoms with Gasteiger partial charge in [0.2, 0.25) is 5.88 Å². The molecule has 1 saturated heterocycles. The van der Waals surface area contributed by atoms with Crippen LogP contribution in [0.25, 0.3) is 21.0 Å². The zero-order chi connectivity index (χ0) is 22.5. The standard InChI is InChI=1S/C26H27N3O3S/c30-19-32-26-9-7-20-6-8-21(18-23(20)27-26)31-16-2-1-11-28-12-14-29(15-13-28)24-4-3-5-25-22(24)10-17-33-25/h3-10,17-19H,1-2,11-16H2. The molecule has 0 unspecified atom stereocenters. The molecule has 0 saturated carbocycles. The molecule has 0 radical (unpaired) electrons. The normalized spacial score (nSPS) is 14.6. The summed E-state index contributed by atoms with van der Waals surface area (Å²) >= 11 is 1.81. The van der Waals surface area contributed by atoms with E-state index in [0.717, 1.165) is 62.2 Å². The number of hydrogen-bond acceptors (Lipinski definition) is 7. The first-order valence-electron chi connectivity index (χ1n) is 11.4. The zero-order valence-electron chi connectivity index (χ0n) is 18.5. The maximum absolute atomic E-state index is 10.5. The Kier molecular flexibility index (Phi) is 6.69. The molecule has 33 heavy (non-hydrogen) atoms. The van der Waals surface area contributed by atoms with Crippen LogP contribution in [0.5, 0.6) is 11.6 Å². The van der Waals surface area contributed by atoms with Crippen molar-refractivity contribution in [1.29, 1.82) is 0 Å². The molecule has 5 rings (SSSR count). The van der Waals surface area contributed by atoms with Gasteiger partial charge in [0.05, 0.1) is 12.1 Å². The summed E-state index contributed by atoms with van der Waals surface area (Å²) < 4.78 is 12.1. The maximum atomic E-state index is 10.5. The van der Waals surface area contributed by atoms with Crippen molar-refractivity contribution in [1.82, 2.24) is 9.88 Å². The summed E-state index contributed by atoms with van der Waals surface area (Å²) in [6.45, 7) is 6.52. The first kappa shape index (κ1) is 21.7. The summed E-state index contributed by atoms with van der Waals surface area (Å²) in [6.07, 6.45) is 2.12. The number of carbonyl (C=O) groups is 1. The molecule has 1 aliphatic heterocycles. The molecule has 2 aromatic carbocycles. The first-order valence-corrected chi connectivity index (χ1v) is 12.3. The van der Waals surface area contributed by atoms with Gasteiger partial charge in [0.1, 0.15) is 5.75 Å². The molecule has 4 aromatic rings. The summed E-state index contributed by atoms with van der Waals surface area (Å²) in [6, 6.07) is 18.2. The van der Waals surface area contributed by atoms with Gasteiger partial charge in [-0.1, -0.05) is 6.07 Å². The predicted octanol–water partition coefficient (Wildman–Crippen LogP) is 4.97. The van der Waals surface area contributed by atoms with Crippen LogP contribution < -0.4 is 14.4 Å². The number of unbranched alkanes of at least 4 members (excludes halogenated alkanes) is 1. The van der Waals surface area contributed by atoms with Gasteiger partial charge in [0.15, 0.2) is 0 Å². The van der Waals surface area contributed by atoms with Crippen molar-refractivity contribution in [3.05, 3.63) is 60.0 Å². The molecule has 7 heteroatoms. The van der Waals surface area contributed by atoms with Gasteiger partial charge < -0.3 is 14.4 Å². The highest BCUT2D eigenvalue weighted by atomic mass is 32.1. The molecule has 170 valence electrons. The highest BCUT2D eigenvalue weighted by Crippen LogP contribution is 2.31. The number of aromatic nitrogens is 1. The van der Waals surface area contributed by atoms with E-state index in [2.05, 4.69) is 44.4 Å². The van der Waals surface area contributed by atoms with Gasteiger partial charge in [-0.3, -0.25) is 9.69 Å². The lowest BCUT2D eigenvalue weighted by Crippen LogP contribution is -2.46. The van der Waals surface area contributed by atoms with E-state index in [1.807, 2.05) is 35.6 Å². The lowest BCUT2D eigenvalue weighted by molar-refractivity contribution is -0.120. The molecule has 0 spiro atoms. The van der Waals surface area contributed by atoms with Crippen molar-refractivity contribution in [3.63, 3.8) is 0 Å². The van der Waals surface area contributed by atoms with Crippen LogP contribution in [0.4, 0.5) is 5.69 Å². The number of thiophene rings is 1. The number of pyridine rings is 1. The molecule has 3 heterocycles. The number of hydrogen-bond donors (Lipinski definition) is 0. The second-order valence-electron chi connectivity index (χ2n) is 8.21. The minimum atomic E-state index is 0.293. The summed E-state index contributed by atoms with van der Waals surface area (Å²) in [5.41, 5.74) is 2.12. The molecule has 0 aliphatic carbocycles. The Morgan fingerprint density at radius 3 is 2.76 bits per heavy atom. The fraction of sp³-hybridized carbons (Fsp3) is 0.308. The van der Waals surface area contributed by atoms with Crippen LogP contribution in [0, 0.1) is 0 Å². The van der Waals surface area contributed by atoms with Gasteiger partial charge in [-0.2, -0.15) is 0 Å². The number of piperazine rings is 1. The van der Waals surface area contributed by atoms with Crippen molar-refractivity contribution in [3.8, 4) is 11.6 Å². The predicted molar refractivity (Wildman–Crippen MR) is 134 cm³/mol. The largest absolute Gasteiger partial charge is 0.494 e. The summed E-state index contributed by atoms with van der Waals surface area (Å²) in [5, 5.41) is 4.54. The third-order valence-corrected chi connectivity index (χ3v) is 7.01. The van der Waals surface area contributed by atoms with E-state index in [4.69, 9.17) is 9.47 Å². The van der Waals surface area contributed by atoms with Gasteiger partial charge in [0.25, 0.3) is 6.47 Å². The molecule has 0 amide bonds. The fourth-order valence-corrected chi connectivity index (χ4v) is 5.18. The smallest absolute Gasteiger partial charge is 0.299 e. The van der Waals surface area contributed by atoms with Crippen molar-refractivity contribution < 1.29 is 14.3 Å². The highest BCUT2D eigenvalue weighted by Gasteiger charge is 2.18. The first-order chi connectivity index (χ1) is 16.3. The average molecular weight is 462 g/mol. The topological polar surface area (TPSA) is 54.9 Å². The Labute approximate surface area is 197 Å². The van der Waals surface area contributed by atoms with Crippen LogP contribution >= 0.6 is 11.3 Å². The van der Waals surface area contributed by atoms with Crippen LogP contribution in [0.1, 0.15) is 12.8 Å². The van der Waals surface area contributed by atoms with E-state index in [1.54, 1.807) is 6.07 Å². The molecule has 1 aliphatic rings. The Hall–Kier alpha value is -3.16. The SMILES string of the molecule is O=COc1ccc2ccc(OCCCCN3CCN(c4cccc5sccc45)CC3)cc2n1. The highest BCUT2D eigenvalue weighted by molar-refractivity contribution is 7.17. The van der Waals surface area contributed by atoms with Gasteiger partial charge in [-0.05, 0) is 61.2 Å². The number of nitrogens with zero attached hydrogens (tertiary/aromatic N) is 3. The van der Waals surface area contributed by atoms with Crippen molar-refractivity contribution in [2.24, 2.45) is 0 Å². The number of anilines is 1. The number of ether oxygens (including phenoxy) is 2. The summed E-state index contributed by atoms with van der Waals surface area (Å²) in [7, 11) is 0. The van der Waals surface area contributed by atoms with Crippen LogP contribution in [-0.4, -0.2) is 55.7 Å². The van der Waals surface area contributed by atoms with E-state index in [-0.39, 0.29) is 0 Å². The molecule has 0 atom stereocenters. The van der Waals surface area contributed by atoms with E-state index >= 15 is 0 Å². The van der Waals surface area contributed by atoms with Crippen molar-refractivity contribution in [2.45, 2.75) is 12.8 Å². The molecule has 2 aromatic heterocycles. The lowest BCUT2D eigenvalue weighted by atomic mass is 10.2. The third-order valence-electron chi connectivity index (χ3n) is 6.13. The molecular weight excluding hydrogens is 434 g/mol. The minimum absolute atomic E-state index is 0.293. The number of fused-ring (bicyclic) bond motifs is 2. The Balaban J connectivity index is 1.05. The van der Waals surface area contributed by atoms with Gasteiger partial charge in [0, 0.05) is 59.5 Å². The van der Waals surface area contributed by atoms with Crippen LogP contribution in [0.3, 0.4) is 0 Å². The summed E-state index contributed by atoms with van der Waals surface area (Å²) in [5.74, 6) is 1.08. The van der Waals surface area contributed by atoms with E-state index < -0.39 is 0 Å². The van der Waals surface area contributed by atoms with Crippen LogP contribution in [0.2, 0.25) is 0 Å². The van der Waals surface area contributed by atoms with Crippen LogP contribution in [0.15, 0.2) is 60.0 Å². The molecule has 1 fully saturated rings. The summed E-state index contributed by atoms with van der Waals surface area (Å²) in [4.78, 5) is 19.9. The fourth-order valence-electron chi connectivity index (χ4n) is 4.38. The average Bonchev–Trinajstić information content (AvgIpc) is 3.33. The second kappa shape index (κ2) is 10.2. The van der Waals surface area contributed by atoms with E-state index in [0.29, 0.717) is 19.0 Å². The van der Waals surface area contributed by atoms with E-state index in [9.17, 15) is 4.79 Å². The monoisotopic (exact) mass is 461 g/mol. The van der Waals surface area contributed by atoms with E-state index in [1.165, 1.54) is 15.8 Å². The number of carbonyl (C=O) groups excluding carboxylic acids is 1. The molecular formula is C26H27N3O3S. The van der Waals surface area contributed by atoms with Crippen molar-refractivity contribution >= 4 is 44.5 Å². The zero-order valence-corrected chi connectivity index (χ0v) is 19.3. The van der Waals surface area contributed by atoms with Gasteiger partial charge in [-0.15, -0.1) is 11.3 Å². The van der Waals surface area contributed by atoms with Gasteiger partial charge >= 0.3 is 0 Å². The number of rotatable bonds is 9. The van der Waals surface area contributed by atoms with Gasteiger partial charge in [-0.25, -0.2) is 4.98 Å². The third kappa shape index (κ3) is 5.10. The Morgan fingerprint density at radius 1 is 1.00 bits per heavy atom. The maximum Gasteiger partial charge on any atom is 0.299 e. The second-order valence-corrected chi connectivity index (χ2v) is 9.16. The molecule has 0 N–H and O–H groups in total. The molecule has 0 bridgehead atoms.